The third-order valence-electron chi connectivity index (χ3n) is 7.46. The number of pyridine rings is 1. The number of nitriles is 1. The van der Waals surface area contributed by atoms with Crippen LogP contribution in [0.1, 0.15) is 35.6 Å². The first-order valence-electron chi connectivity index (χ1n) is 12.6. The van der Waals surface area contributed by atoms with Gasteiger partial charge in [0.05, 0.1) is 5.52 Å². The predicted molar refractivity (Wildman–Crippen MR) is 144 cm³/mol. The van der Waals surface area contributed by atoms with E-state index in [-0.39, 0.29) is 47.0 Å². The van der Waals surface area contributed by atoms with E-state index in [0.29, 0.717) is 27.8 Å². The van der Waals surface area contributed by atoms with E-state index in [1.54, 1.807) is 41.3 Å². The maximum Gasteiger partial charge on any atom is 0.269 e. The third-order valence-corrected chi connectivity index (χ3v) is 7.67. The number of hydrogen-bond donors (Lipinski definition) is 2. The molecule has 3 N–H and O–H groups in total. The van der Waals surface area contributed by atoms with Gasteiger partial charge in [-0.25, -0.2) is 15.0 Å². The number of nitrogens with zero attached hydrogens (tertiary/aromatic N) is 7. The zero-order valence-corrected chi connectivity index (χ0v) is 21.7. The van der Waals surface area contributed by atoms with Crippen molar-refractivity contribution in [3.05, 3.63) is 65.5 Å². The monoisotopic (exact) mass is 555 g/mol. The number of carbonyl (C=O) groups is 3. The largest absolute Gasteiger partial charge is 0.364 e. The maximum atomic E-state index is 13.8. The van der Waals surface area contributed by atoms with Gasteiger partial charge in [-0.3, -0.25) is 19.1 Å². The fourth-order valence-corrected chi connectivity index (χ4v) is 5.93. The lowest BCUT2D eigenvalue weighted by Crippen LogP contribution is -2.52. The second-order valence-corrected chi connectivity index (χ2v) is 10.2. The van der Waals surface area contributed by atoms with Crippen molar-refractivity contribution in [2.24, 2.45) is 11.7 Å². The standard InChI is InChI=1S/C27H22ClN9O3/c28-20-2-1-3-21(33-20)34-27(40)25-15-4-6-17(8-15)37(25)23(38)13-36-19-9-14(16-11-31-22(10-29)32-12-16)5-7-18(19)24(35-36)26(30)39/h1-3,5,7,9,11-12,15,17,25H,4,6,8,13H2,(H2,30,39)(H,33,34,40)/t15-,17+,25-/m0/s1. The SMILES string of the molecule is N#Cc1ncc(-c2ccc3c(C(N)=O)nn(CC(=O)N4[C@@H]5CC[C@@H](C5)[C@H]4C(=O)Nc4cccc(Cl)n4)c3c2)cn1. The highest BCUT2D eigenvalue weighted by Crippen LogP contribution is 2.43. The molecule has 2 fully saturated rings. The molecule has 0 unspecified atom stereocenters. The molecule has 1 aromatic carbocycles. The average molecular weight is 556 g/mol. The molecule has 3 aromatic heterocycles. The third kappa shape index (κ3) is 4.50. The van der Waals surface area contributed by atoms with Crippen LogP contribution in [0.5, 0.6) is 0 Å². The number of nitrogens with two attached hydrogens (primary N) is 1. The molecular weight excluding hydrogens is 534 g/mol. The molecule has 1 saturated carbocycles. The summed E-state index contributed by atoms with van der Waals surface area (Å²) in [7, 11) is 0. The molecule has 1 aliphatic carbocycles. The Kier molecular flexibility index (Phi) is 6.36. The molecule has 4 aromatic rings. The van der Waals surface area contributed by atoms with E-state index in [0.717, 1.165) is 19.3 Å². The number of benzene rings is 1. The topological polar surface area (TPSA) is 173 Å². The zero-order valence-electron chi connectivity index (χ0n) is 21.0. The van der Waals surface area contributed by atoms with E-state index in [1.165, 1.54) is 17.1 Å². The minimum absolute atomic E-state index is 0.0339. The molecule has 40 heavy (non-hydrogen) atoms. The van der Waals surface area contributed by atoms with Gasteiger partial charge < -0.3 is 16.0 Å². The number of nitrogens with one attached hydrogen (secondary N) is 1. The van der Waals surface area contributed by atoms with E-state index in [2.05, 4.69) is 25.4 Å². The molecule has 2 aliphatic rings. The van der Waals surface area contributed by atoms with Gasteiger partial charge in [-0.05, 0) is 55.0 Å². The van der Waals surface area contributed by atoms with Gasteiger partial charge in [0.25, 0.3) is 5.91 Å². The van der Waals surface area contributed by atoms with Crippen molar-refractivity contribution in [3.63, 3.8) is 0 Å². The number of fused-ring (bicyclic) bond motifs is 3. The molecule has 3 amide bonds. The molecule has 200 valence electrons. The molecule has 0 radical (unpaired) electrons. The number of rotatable bonds is 6. The minimum atomic E-state index is -0.725. The van der Waals surface area contributed by atoms with E-state index in [9.17, 15) is 14.4 Å². The first-order valence-corrected chi connectivity index (χ1v) is 13.0. The number of anilines is 1. The molecular formula is C27H22ClN9O3. The molecule has 0 spiro atoms. The van der Waals surface area contributed by atoms with Crippen LogP contribution < -0.4 is 11.1 Å². The number of carbonyl (C=O) groups excluding carboxylic acids is 3. The maximum absolute atomic E-state index is 13.8. The van der Waals surface area contributed by atoms with E-state index in [1.807, 2.05) is 6.07 Å². The van der Waals surface area contributed by atoms with Crippen molar-refractivity contribution < 1.29 is 14.4 Å². The van der Waals surface area contributed by atoms with Crippen LogP contribution in [0.2, 0.25) is 5.15 Å². The molecule has 1 saturated heterocycles. The van der Waals surface area contributed by atoms with Gasteiger partial charge in [0.2, 0.25) is 17.6 Å². The highest BCUT2D eigenvalue weighted by molar-refractivity contribution is 6.29. The molecule has 1 aliphatic heterocycles. The molecule has 4 heterocycles. The van der Waals surface area contributed by atoms with Crippen LogP contribution in [0.3, 0.4) is 0 Å². The summed E-state index contributed by atoms with van der Waals surface area (Å²) in [5, 5.41) is 16.9. The molecule has 2 bridgehead atoms. The predicted octanol–water partition coefficient (Wildman–Crippen LogP) is 2.53. The smallest absolute Gasteiger partial charge is 0.269 e. The van der Waals surface area contributed by atoms with Gasteiger partial charge in [0, 0.05) is 29.4 Å². The Morgan fingerprint density at radius 3 is 2.65 bits per heavy atom. The molecule has 6 rings (SSSR count). The van der Waals surface area contributed by atoms with E-state index >= 15 is 0 Å². The van der Waals surface area contributed by atoms with Gasteiger partial charge in [-0.15, -0.1) is 0 Å². The average Bonchev–Trinajstić information content (AvgIpc) is 3.66. The van der Waals surface area contributed by atoms with Crippen LogP contribution in [0.15, 0.2) is 48.8 Å². The van der Waals surface area contributed by atoms with Gasteiger partial charge in [-0.2, -0.15) is 10.4 Å². The highest BCUT2D eigenvalue weighted by atomic mass is 35.5. The lowest BCUT2D eigenvalue weighted by atomic mass is 9.97. The van der Waals surface area contributed by atoms with E-state index in [4.69, 9.17) is 22.6 Å². The number of hydrogen-bond acceptors (Lipinski definition) is 8. The first kappa shape index (κ1) is 25.4. The van der Waals surface area contributed by atoms with Crippen LogP contribution in [-0.4, -0.2) is 59.4 Å². The number of primary amides is 1. The Hall–Kier alpha value is -4.89. The molecule has 13 heteroatoms. The number of halogens is 1. The Morgan fingerprint density at radius 2 is 1.93 bits per heavy atom. The zero-order chi connectivity index (χ0) is 28.0. The number of likely N-dealkylation sites (tertiary alicyclic amines) is 1. The first-order chi connectivity index (χ1) is 19.3. The fourth-order valence-electron chi connectivity index (χ4n) is 5.76. The van der Waals surface area contributed by atoms with Crippen LogP contribution in [0, 0.1) is 17.2 Å². The second kappa shape index (κ2) is 10.0. The van der Waals surface area contributed by atoms with Crippen molar-refractivity contribution in [3.8, 4) is 17.2 Å². The Balaban J connectivity index is 1.31. The highest BCUT2D eigenvalue weighted by Gasteiger charge is 2.51. The quantitative estimate of drug-likeness (QED) is 0.341. The van der Waals surface area contributed by atoms with Crippen LogP contribution >= 0.6 is 11.6 Å². The summed E-state index contributed by atoms with van der Waals surface area (Å²) in [4.78, 5) is 53.1. The van der Waals surface area contributed by atoms with Gasteiger partial charge >= 0.3 is 0 Å². The Morgan fingerprint density at radius 1 is 1.12 bits per heavy atom. The van der Waals surface area contributed by atoms with Crippen molar-refractivity contribution in [2.45, 2.75) is 37.9 Å². The van der Waals surface area contributed by atoms with Crippen molar-refractivity contribution in [1.82, 2.24) is 29.6 Å². The molecule has 12 nitrogen and oxygen atoms in total. The fraction of sp³-hybridized carbons (Fsp3) is 0.259. The number of piperidine rings is 1. The summed E-state index contributed by atoms with van der Waals surface area (Å²) < 4.78 is 1.44. The number of amides is 3. The van der Waals surface area contributed by atoms with E-state index < -0.39 is 11.9 Å². The summed E-state index contributed by atoms with van der Waals surface area (Å²) in [5.74, 6) is -0.943. The summed E-state index contributed by atoms with van der Waals surface area (Å²) in [5.41, 5.74) is 7.49. The molecule has 3 atom stereocenters. The normalized spacial score (nSPS) is 19.5. The summed E-state index contributed by atoms with van der Waals surface area (Å²) in [6.07, 6.45) is 5.44. The van der Waals surface area contributed by atoms with Gasteiger partial charge in [0.15, 0.2) is 5.69 Å². The van der Waals surface area contributed by atoms with Crippen LogP contribution in [0.25, 0.3) is 22.0 Å². The lowest BCUT2D eigenvalue weighted by Gasteiger charge is -2.34. The lowest BCUT2D eigenvalue weighted by molar-refractivity contribution is -0.141. The van der Waals surface area contributed by atoms with Gasteiger partial charge in [-0.1, -0.05) is 23.7 Å². The summed E-state index contributed by atoms with van der Waals surface area (Å²) in [6.45, 7) is -0.195. The number of aromatic nitrogens is 5. The van der Waals surface area contributed by atoms with Crippen LogP contribution in [0.4, 0.5) is 5.82 Å². The van der Waals surface area contributed by atoms with Crippen LogP contribution in [-0.2, 0) is 16.1 Å². The van der Waals surface area contributed by atoms with Crippen molar-refractivity contribution in [1.29, 1.82) is 5.26 Å². The minimum Gasteiger partial charge on any atom is -0.364 e. The summed E-state index contributed by atoms with van der Waals surface area (Å²) >= 11 is 5.97. The van der Waals surface area contributed by atoms with Gasteiger partial charge in [0.1, 0.15) is 29.6 Å². The Labute approximate surface area is 232 Å². The van der Waals surface area contributed by atoms with Crippen molar-refractivity contribution >= 4 is 46.0 Å². The van der Waals surface area contributed by atoms with Crippen molar-refractivity contribution in [2.75, 3.05) is 5.32 Å². The summed E-state index contributed by atoms with van der Waals surface area (Å²) in [6, 6.07) is 11.3. The Bertz CT molecular complexity index is 1710. The second-order valence-electron chi connectivity index (χ2n) is 9.82.